The summed E-state index contributed by atoms with van der Waals surface area (Å²) in [5, 5.41) is 0. The fraction of sp³-hybridized carbons (Fsp3) is 0.267. The van der Waals surface area contributed by atoms with Crippen molar-refractivity contribution in [2.24, 2.45) is 0 Å². The zero-order valence-electron chi connectivity index (χ0n) is 11.4. The molecule has 0 aliphatic rings. The molecule has 1 aromatic carbocycles. The number of benzene rings is 1. The highest BCUT2D eigenvalue weighted by Crippen LogP contribution is 2.25. The van der Waals surface area contributed by atoms with E-state index in [-0.39, 0.29) is 0 Å². The molecule has 0 fully saturated rings. The van der Waals surface area contributed by atoms with Crippen molar-refractivity contribution >= 4 is 17.2 Å². The minimum absolute atomic E-state index is 0.747. The van der Waals surface area contributed by atoms with Crippen molar-refractivity contribution in [2.45, 2.75) is 13.8 Å². The summed E-state index contributed by atoms with van der Waals surface area (Å²) in [6.07, 6.45) is 1.74. The second-order valence-electron chi connectivity index (χ2n) is 4.10. The Hall–Kier alpha value is -2.23. The Kier molecular flexibility index (Phi) is 4.61. The van der Waals surface area contributed by atoms with Gasteiger partial charge in [0, 0.05) is 19.3 Å². The molecule has 0 saturated carbocycles. The highest BCUT2D eigenvalue weighted by atomic mass is 15.4. The quantitative estimate of drug-likeness (QED) is 0.806. The third kappa shape index (κ3) is 3.37. The summed E-state index contributed by atoms with van der Waals surface area (Å²) in [5.41, 5.74) is 9.49. The topological polar surface area (TPSA) is 42.3 Å². The third-order valence-corrected chi connectivity index (χ3v) is 2.94. The van der Waals surface area contributed by atoms with Crippen molar-refractivity contribution in [1.82, 2.24) is 10.4 Å². The van der Waals surface area contributed by atoms with E-state index in [0.29, 0.717) is 0 Å². The molecule has 2 rings (SSSR count). The number of nitrogens with one attached hydrogen (secondary N) is 1. The first kappa shape index (κ1) is 13.2. The zero-order chi connectivity index (χ0) is 13.5. The molecule has 0 amide bonds. The van der Waals surface area contributed by atoms with Gasteiger partial charge in [0.05, 0.1) is 5.69 Å². The number of hydrogen-bond acceptors (Lipinski definition) is 3. The van der Waals surface area contributed by atoms with E-state index >= 15 is 0 Å². The number of aromatic nitrogens is 1. The van der Waals surface area contributed by atoms with Crippen LogP contribution >= 0.6 is 0 Å². The Labute approximate surface area is 114 Å². The van der Waals surface area contributed by atoms with Crippen molar-refractivity contribution in [3.05, 3.63) is 48.7 Å². The van der Waals surface area contributed by atoms with E-state index in [1.165, 1.54) is 0 Å². The fourth-order valence-electron chi connectivity index (χ4n) is 1.94. The van der Waals surface area contributed by atoms with Crippen LogP contribution in [0.2, 0.25) is 0 Å². The number of anilines is 2. The van der Waals surface area contributed by atoms with Crippen LogP contribution in [0.15, 0.2) is 48.7 Å². The molecule has 1 aromatic heterocycles. The molecule has 1 N–H and O–H groups in total. The number of para-hydroxylation sites is 2. The number of nitrogens with zero attached hydrogens (tertiary/aromatic N) is 3. The lowest BCUT2D eigenvalue weighted by Gasteiger charge is -2.23. The van der Waals surface area contributed by atoms with Gasteiger partial charge in [-0.05, 0) is 38.1 Å². The SMILES string of the molecule is CCN(CC)c1ccccc1[N]Nc1ccccn1. The van der Waals surface area contributed by atoms with Gasteiger partial charge in [0.2, 0.25) is 0 Å². The molecule has 0 atom stereocenters. The highest BCUT2D eigenvalue weighted by molar-refractivity contribution is 5.66. The molecule has 0 bridgehead atoms. The molecule has 19 heavy (non-hydrogen) atoms. The summed E-state index contributed by atoms with van der Waals surface area (Å²) in [6, 6.07) is 13.8. The Balaban J connectivity index is 2.12. The molecular weight excluding hydrogens is 236 g/mol. The summed E-state index contributed by atoms with van der Waals surface area (Å²) in [6.45, 7) is 6.22. The zero-order valence-corrected chi connectivity index (χ0v) is 11.4. The predicted molar refractivity (Wildman–Crippen MR) is 79.7 cm³/mol. The molecule has 0 saturated heterocycles. The monoisotopic (exact) mass is 255 g/mol. The maximum Gasteiger partial charge on any atom is 0.146 e. The van der Waals surface area contributed by atoms with Crippen LogP contribution in [0.5, 0.6) is 0 Å². The average molecular weight is 255 g/mol. The molecule has 2 aromatic rings. The molecule has 1 radical (unpaired) electrons. The minimum Gasteiger partial charge on any atom is -0.370 e. The molecule has 0 aliphatic heterocycles. The Morgan fingerprint density at radius 2 is 1.79 bits per heavy atom. The van der Waals surface area contributed by atoms with Crippen LogP contribution in [-0.4, -0.2) is 18.1 Å². The van der Waals surface area contributed by atoms with Gasteiger partial charge < -0.3 is 4.90 Å². The number of pyridine rings is 1. The molecule has 0 unspecified atom stereocenters. The van der Waals surface area contributed by atoms with Crippen LogP contribution in [0.25, 0.3) is 0 Å². The van der Waals surface area contributed by atoms with E-state index in [1.54, 1.807) is 6.20 Å². The Morgan fingerprint density at radius 1 is 1.05 bits per heavy atom. The molecule has 0 spiro atoms. The summed E-state index contributed by atoms with van der Waals surface area (Å²) in [7, 11) is 0. The maximum absolute atomic E-state index is 4.44. The van der Waals surface area contributed by atoms with Crippen LogP contribution in [0.4, 0.5) is 17.2 Å². The van der Waals surface area contributed by atoms with Crippen LogP contribution in [0.3, 0.4) is 0 Å². The average Bonchev–Trinajstić information content (AvgIpc) is 2.48. The van der Waals surface area contributed by atoms with Crippen molar-refractivity contribution in [3.63, 3.8) is 0 Å². The molecule has 4 heteroatoms. The molecule has 1 heterocycles. The van der Waals surface area contributed by atoms with E-state index in [9.17, 15) is 0 Å². The maximum atomic E-state index is 4.44. The van der Waals surface area contributed by atoms with Gasteiger partial charge in [-0.25, -0.2) is 4.98 Å². The van der Waals surface area contributed by atoms with Gasteiger partial charge in [-0.3, -0.25) is 5.43 Å². The van der Waals surface area contributed by atoms with Crippen molar-refractivity contribution in [2.75, 3.05) is 23.4 Å². The number of rotatable bonds is 6. The Bertz CT molecular complexity index is 495. The second kappa shape index (κ2) is 6.64. The molecular formula is C15H19N4. The van der Waals surface area contributed by atoms with E-state index < -0.39 is 0 Å². The van der Waals surface area contributed by atoms with Crippen LogP contribution in [-0.2, 0) is 0 Å². The highest BCUT2D eigenvalue weighted by Gasteiger charge is 2.08. The minimum atomic E-state index is 0.747. The smallest absolute Gasteiger partial charge is 0.146 e. The van der Waals surface area contributed by atoms with Crippen LogP contribution < -0.4 is 15.8 Å². The van der Waals surface area contributed by atoms with Crippen molar-refractivity contribution in [3.8, 4) is 0 Å². The van der Waals surface area contributed by atoms with Crippen molar-refractivity contribution < 1.29 is 0 Å². The Morgan fingerprint density at radius 3 is 2.47 bits per heavy atom. The lowest BCUT2D eigenvalue weighted by Crippen LogP contribution is -2.23. The standard InChI is InChI=1S/C15H19N4/c1-3-19(4-2)14-10-6-5-9-13(14)17-18-15-11-7-8-12-16-15/h5-12H,3-4H2,1-2H3,(H,16,18). The second-order valence-corrected chi connectivity index (χ2v) is 4.10. The van der Waals surface area contributed by atoms with Crippen LogP contribution in [0, 0.1) is 0 Å². The van der Waals surface area contributed by atoms with Gasteiger partial charge in [0.1, 0.15) is 11.5 Å². The van der Waals surface area contributed by atoms with E-state index in [4.69, 9.17) is 0 Å². The molecule has 4 nitrogen and oxygen atoms in total. The van der Waals surface area contributed by atoms with E-state index in [0.717, 1.165) is 30.3 Å². The van der Waals surface area contributed by atoms with Crippen LogP contribution in [0.1, 0.15) is 13.8 Å². The number of hydrogen-bond donors (Lipinski definition) is 1. The summed E-state index contributed by atoms with van der Waals surface area (Å²) < 4.78 is 0. The first-order valence-electron chi connectivity index (χ1n) is 6.57. The molecule has 99 valence electrons. The summed E-state index contributed by atoms with van der Waals surface area (Å²) in [5.74, 6) is 0.747. The van der Waals surface area contributed by atoms with Gasteiger partial charge in [0.15, 0.2) is 0 Å². The lowest BCUT2D eigenvalue weighted by atomic mass is 10.2. The first-order chi connectivity index (χ1) is 9.35. The fourth-order valence-corrected chi connectivity index (χ4v) is 1.94. The van der Waals surface area contributed by atoms with Gasteiger partial charge >= 0.3 is 0 Å². The molecule has 0 aliphatic carbocycles. The normalized spacial score (nSPS) is 10.0. The summed E-state index contributed by atoms with van der Waals surface area (Å²) in [4.78, 5) is 6.47. The summed E-state index contributed by atoms with van der Waals surface area (Å²) >= 11 is 0. The van der Waals surface area contributed by atoms with E-state index in [1.807, 2.05) is 36.4 Å². The van der Waals surface area contributed by atoms with Gasteiger partial charge in [-0.15, -0.1) is 0 Å². The van der Waals surface area contributed by atoms with Gasteiger partial charge in [-0.1, -0.05) is 18.2 Å². The predicted octanol–water partition coefficient (Wildman–Crippen LogP) is 3.19. The largest absolute Gasteiger partial charge is 0.370 e. The van der Waals surface area contributed by atoms with Crippen molar-refractivity contribution in [1.29, 1.82) is 0 Å². The third-order valence-electron chi connectivity index (χ3n) is 2.94. The lowest BCUT2D eigenvalue weighted by molar-refractivity contribution is 0.857. The van der Waals surface area contributed by atoms with E-state index in [2.05, 4.69) is 40.6 Å². The van der Waals surface area contributed by atoms with Gasteiger partial charge in [-0.2, -0.15) is 5.43 Å². The van der Waals surface area contributed by atoms with Gasteiger partial charge in [0.25, 0.3) is 0 Å². The first-order valence-corrected chi connectivity index (χ1v) is 6.57.